The van der Waals surface area contributed by atoms with Crippen LogP contribution >= 0.6 is 11.8 Å². The van der Waals surface area contributed by atoms with Crippen molar-refractivity contribution in [3.63, 3.8) is 0 Å². The van der Waals surface area contributed by atoms with Crippen LogP contribution in [0.4, 0.5) is 0 Å². The zero-order valence-electron chi connectivity index (χ0n) is 8.79. The van der Waals surface area contributed by atoms with Gasteiger partial charge in [-0.15, -0.1) is 11.8 Å². The van der Waals surface area contributed by atoms with Crippen molar-refractivity contribution >= 4 is 11.8 Å². The molecule has 0 radical (unpaired) electrons. The lowest BCUT2D eigenvalue weighted by atomic mass is 10.1. The normalized spacial score (nSPS) is 27.6. The van der Waals surface area contributed by atoms with Gasteiger partial charge in [-0.2, -0.15) is 0 Å². The Morgan fingerprint density at radius 3 is 3.00 bits per heavy atom. The molecule has 1 N–H and O–H groups in total. The van der Waals surface area contributed by atoms with Gasteiger partial charge >= 0.3 is 0 Å². The molecule has 2 rings (SSSR count). The average molecular weight is 207 g/mol. The number of thioether (sulfide) groups is 1. The van der Waals surface area contributed by atoms with Gasteiger partial charge in [0.05, 0.1) is 5.37 Å². The van der Waals surface area contributed by atoms with E-state index in [9.17, 15) is 0 Å². The quantitative estimate of drug-likeness (QED) is 0.759. The molecule has 0 amide bonds. The molecule has 1 fully saturated rings. The van der Waals surface area contributed by atoms with E-state index in [4.69, 9.17) is 0 Å². The highest BCUT2D eigenvalue weighted by atomic mass is 32.2. The zero-order valence-corrected chi connectivity index (χ0v) is 9.60. The third-order valence-electron chi connectivity index (χ3n) is 2.62. The Morgan fingerprint density at radius 2 is 2.29 bits per heavy atom. The molecule has 2 unspecified atom stereocenters. The van der Waals surface area contributed by atoms with Gasteiger partial charge in [0.2, 0.25) is 0 Å². The number of rotatable bonds is 1. The predicted octanol–water partition coefficient (Wildman–Crippen LogP) is 3.11. The number of aryl methyl sites for hydroxylation is 1. The topological polar surface area (TPSA) is 12.0 Å². The minimum Gasteiger partial charge on any atom is -0.299 e. The fourth-order valence-corrected chi connectivity index (χ4v) is 3.17. The molecule has 1 heterocycles. The van der Waals surface area contributed by atoms with Gasteiger partial charge < -0.3 is 0 Å². The third kappa shape index (κ3) is 2.31. The highest BCUT2D eigenvalue weighted by Crippen LogP contribution is 2.31. The van der Waals surface area contributed by atoms with Crippen molar-refractivity contribution in [2.45, 2.75) is 31.7 Å². The summed E-state index contributed by atoms with van der Waals surface area (Å²) < 4.78 is 0. The molecule has 2 atom stereocenters. The third-order valence-corrected chi connectivity index (χ3v) is 3.83. The van der Waals surface area contributed by atoms with Gasteiger partial charge in [-0.1, -0.05) is 29.8 Å². The van der Waals surface area contributed by atoms with Crippen LogP contribution in [0.3, 0.4) is 0 Å². The first-order valence-electron chi connectivity index (χ1n) is 5.20. The molecule has 1 aromatic carbocycles. The van der Waals surface area contributed by atoms with Crippen LogP contribution in [0, 0.1) is 6.92 Å². The summed E-state index contributed by atoms with van der Waals surface area (Å²) in [6, 6.07) is 9.45. The summed E-state index contributed by atoms with van der Waals surface area (Å²) in [5.74, 6) is 1.27. The van der Waals surface area contributed by atoms with E-state index < -0.39 is 0 Å². The van der Waals surface area contributed by atoms with Gasteiger partial charge in [0.25, 0.3) is 0 Å². The lowest BCUT2D eigenvalue weighted by Gasteiger charge is -2.28. The standard InChI is InChI=1S/C12H17NS/c1-9-4-3-5-11(8-9)12-13-10(2)6-7-14-12/h3-5,8,10,12-13H,6-7H2,1-2H3. The van der Waals surface area contributed by atoms with Gasteiger partial charge in [-0.05, 0) is 31.6 Å². The summed E-state index contributed by atoms with van der Waals surface area (Å²) in [4.78, 5) is 0. The van der Waals surface area contributed by atoms with Crippen LogP contribution in [-0.2, 0) is 0 Å². The van der Waals surface area contributed by atoms with Crippen LogP contribution in [0.25, 0.3) is 0 Å². The van der Waals surface area contributed by atoms with Gasteiger partial charge in [0.15, 0.2) is 0 Å². The Kier molecular flexibility index (Phi) is 3.14. The second kappa shape index (κ2) is 4.37. The van der Waals surface area contributed by atoms with Crippen LogP contribution in [0.2, 0.25) is 0 Å². The van der Waals surface area contributed by atoms with Crippen molar-refractivity contribution in [3.05, 3.63) is 35.4 Å². The van der Waals surface area contributed by atoms with Crippen LogP contribution in [0.5, 0.6) is 0 Å². The number of hydrogen-bond donors (Lipinski definition) is 1. The summed E-state index contributed by atoms with van der Waals surface area (Å²) in [5.41, 5.74) is 2.77. The van der Waals surface area contributed by atoms with E-state index in [1.54, 1.807) is 0 Å². The van der Waals surface area contributed by atoms with E-state index in [0.29, 0.717) is 11.4 Å². The second-order valence-corrected chi connectivity index (χ2v) is 5.23. The Bertz CT molecular complexity index is 311. The van der Waals surface area contributed by atoms with Gasteiger partial charge in [-0.3, -0.25) is 5.32 Å². The number of benzene rings is 1. The van der Waals surface area contributed by atoms with E-state index in [1.807, 2.05) is 11.8 Å². The molecule has 1 nitrogen and oxygen atoms in total. The van der Waals surface area contributed by atoms with Crippen molar-refractivity contribution in [1.82, 2.24) is 5.32 Å². The Labute approximate surface area is 90.3 Å². The lowest BCUT2D eigenvalue weighted by Crippen LogP contribution is -2.33. The van der Waals surface area contributed by atoms with Gasteiger partial charge in [0.1, 0.15) is 0 Å². The highest BCUT2D eigenvalue weighted by molar-refractivity contribution is 7.99. The minimum atomic E-state index is 0.499. The van der Waals surface area contributed by atoms with Gasteiger partial charge in [-0.25, -0.2) is 0 Å². The van der Waals surface area contributed by atoms with Crippen molar-refractivity contribution in [2.75, 3.05) is 5.75 Å². The highest BCUT2D eigenvalue weighted by Gasteiger charge is 2.19. The molecule has 0 aliphatic carbocycles. The van der Waals surface area contributed by atoms with E-state index in [2.05, 4.69) is 43.4 Å². The van der Waals surface area contributed by atoms with E-state index >= 15 is 0 Å². The Morgan fingerprint density at radius 1 is 1.43 bits per heavy atom. The summed E-state index contributed by atoms with van der Waals surface area (Å²) in [6.45, 7) is 4.42. The van der Waals surface area contributed by atoms with Gasteiger partial charge in [0, 0.05) is 6.04 Å². The smallest absolute Gasteiger partial charge is 0.0791 e. The fraction of sp³-hybridized carbons (Fsp3) is 0.500. The van der Waals surface area contributed by atoms with E-state index in [1.165, 1.54) is 23.3 Å². The van der Waals surface area contributed by atoms with Crippen molar-refractivity contribution in [1.29, 1.82) is 0 Å². The monoisotopic (exact) mass is 207 g/mol. The maximum absolute atomic E-state index is 3.62. The molecule has 1 aliphatic heterocycles. The predicted molar refractivity (Wildman–Crippen MR) is 63.6 cm³/mol. The Balaban J connectivity index is 2.14. The first kappa shape index (κ1) is 10.1. The van der Waals surface area contributed by atoms with Crippen molar-refractivity contribution in [3.8, 4) is 0 Å². The van der Waals surface area contributed by atoms with Crippen LogP contribution in [-0.4, -0.2) is 11.8 Å². The first-order chi connectivity index (χ1) is 6.75. The van der Waals surface area contributed by atoms with E-state index in [0.717, 1.165) is 0 Å². The number of hydrogen-bond acceptors (Lipinski definition) is 2. The van der Waals surface area contributed by atoms with Crippen LogP contribution < -0.4 is 5.32 Å². The van der Waals surface area contributed by atoms with Crippen LogP contribution in [0.15, 0.2) is 24.3 Å². The molecule has 1 aliphatic rings. The molecule has 0 spiro atoms. The summed E-state index contributed by atoms with van der Waals surface area (Å²) in [7, 11) is 0. The number of nitrogens with one attached hydrogen (secondary N) is 1. The average Bonchev–Trinajstić information content (AvgIpc) is 2.18. The molecule has 1 saturated heterocycles. The summed E-state index contributed by atoms with van der Waals surface area (Å²) in [6.07, 6.45) is 1.28. The minimum absolute atomic E-state index is 0.499. The molecule has 0 saturated carbocycles. The SMILES string of the molecule is Cc1cccc(C2NC(C)CCS2)c1. The maximum Gasteiger partial charge on any atom is 0.0791 e. The van der Waals surface area contributed by atoms with E-state index in [-0.39, 0.29) is 0 Å². The van der Waals surface area contributed by atoms with Crippen LogP contribution in [0.1, 0.15) is 29.8 Å². The zero-order chi connectivity index (χ0) is 9.97. The molecular weight excluding hydrogens is 190 g/mol. The largest absolute Gasteiger partial charge is 0.299 e. The second-order valence-electron chi connectivity index (χ2n) is 4.02. The molecular formula is C12H17NS. The molecule has 1 aromatic rings. The molecule has 76 valence electrons. The van der Waals surface area contributed by atoms with Crippen molar-refractivity contribution < 1.29 is 0 Å². The molecule has 0 bridgehead atoms. The summed E-state index contributed by atoms with van der Waals surface area (Å²) in [5, 5.41) is 4.12. The lowest BCUT2D eigenvalue weighted by molar-refractivity contribution is 0.512. The fourth-order valence-electron chi connectivity index (χ4n) is 1.78. The molecule has 14 heavy (non-hydrogen) atoms. The molecule has 0 aromatic heterocycles. The van der Waals surface area contributed by atoms with Crippen molar-refractivity contribution in [2.24, 2.45) is 0 Å². The Hall–Kier alpha value is -0.470. The first-order valence-corrected chi connectivity index (χ1v) is 6.25. The summed E-state index contributed by atoms with van der Waals surface area (Å²) >= 11 is 2.02. The molecule has 2 heteroatoms. The maximum atomic E-state index is 3.62.